The second kappa shape index (κ2) is 12.0. The molecule has 0 bridgehead atoms. The zero-order chi connectivity index (χ0) is 30.8. The van der Waals surface area contributed by atoms with Gasteiger partial charge in [0.15, 0.2) is 17.5 Å². The second-order valence-electron chi connectivity index (χ2n) is 11.0. The predicted octanol–water partition coefficient (Wildman–Crippen LogP) is 8.98. The van der Waals surface area contributed by atoms with E-state index in [0.717, 1.165) is 67.2 Å². The molecule has 0 atom stereocenters. The average molecular weight is 583 g/mol. The molecule has 0 radical (unpaired) electrons. The largest absolute Gasteiger partial charge is 0.256 e. The summed E-state index contributed by atoms with van der Waals surface area (Å²) in [5, 5.41) is 0. The maximum absolute atomic E-state index is 5.01. The van der Waals surface area contributed by atoms with E-state index in [2.05, 4.69) is 90.3 Å². The van der Waals surface area contributed by atoms with Gasteiger partial charge < -0.3 is 0 Å². The average Bonchev–Trinajstić information content (AvgIpc) is 3.09. The molecule has 0 aliphatic carbocycles. The third-order valence-electron chi connectivity index (χ3n) is 7.91. The van der Waals surface area contributed by atoms with Crippen LogP contribution in [-0.2, 0) is 0 Å². The molecule has 0 spiro atoms. The van der Waals surface area contributed by atoms with Crippen LogP contribution in [0.2, 0.25) is 0 Å². The minimum atomic E-state index is 0.614. The van der Waals surface area contributed by atoms with Gasteiger partial charge in [0.1, 0.15) is 0 Å². The Morgan fingerprint density at radius 1 is 0.356 bits per heavy atom. The quantitative estimate of drug-likeness (QED) is 0.195. The fraction of sp³-hybridized carbons (Fsp3) is 0.0769. The molecule has 0 saturated heterocycles. The van der Waals surface area contributed by atoms with Gasteiger partial charge in [-0.2, -0.15) is 0 Å². The van der Waals surface area contributed by atoms with Crippen molar-refractivity contribution in [2.24, 2.45) is 0 Å². The van der Waals surface area contributed by atoms with E-state index in [1.54, 1.807) is 0 Å². The van der Waals surface area contributed by atoms with Crippen molar-refractivity contribution in [2.45, 2.75) is 20.8 Å². The molecule has 0 aliphatic rings. The van der Waals surface area contributed by atoms with Crippen LogP contribution in [0.25, 0.3) is 67.9 Å². The van der Waals surface area contributed by atoms with E-state index in [9.17, 15) is 0 Å². The summed E-state index contributed by atoms with van der Waals surface area (Å²) < 4.78 is 0. The number of benzene rings is 3. The van der Waals surface area contributed by atoms with Gasteiger partial charge in [0.25, 0.3) is 0 Å². The van der Waals surface area contributed by atoms with Crippen molar-refractivity contribution in [1.29, 1.82) is 0 Å². The molecule has 3 aromatic carbocycles. The highest BCUT2D eigenvalue weighted by atomic mass is 15.0. The molecule has 0 unspecified atom stereocenters. The van der Waals surface area contributed by atoms with E-state index >= 15 is 0 Å². The van der Waals surface area contributed by atoms with E-state index in [1.807, 2.05) is 73.2 Å². The van der Waals surface area contributed by atoms with Crippen LogP contribution in [0.5, 0.6) is 0 Å². The Labute approximate surface area is 262 Å². The monoisotopic (exact) mass is 582 g/mol. The highest BCUT2D eigenvalue weighted by Gasteiger charge is 2.16. The highest BCUT2D eigenvalue weighted by molar-refractivity contribution is 5.75. The van der Waals surface area contributed by atoms with Gasteiger partial charge in [0.05, 0.1) is 17.1 Å². The fourth-order valence-electron chi connectivity index (χ4n) is 5.60. The summed E-state index contributed by atoms with van der Waals surface area (Å²) in [4.78, 5) is 28.7. The SMILES string of the molecule is Cc1cc(-c2nc(-c3ccc(-c4ccccn4)c(C)c3)nc(-c3ccc(-c4ccccn4)c(C)c3)n2)ccc1-c1ccccn1. The number of rotatable bonds is 6. The normalized spacial score (nSPS) is 11.0. The Bertz CT molecular complexity index is 1870. The predicted molar refractivity (Wildman–Crippen MR) is 180 cm³/mol. The topological polar surface area (TPSA) is 77.3 Å². The van der Waals surface area contributed by atoms with Gasteiger partial charge in [0.2, 0.25) is 0 Å². The van der Waals surface area contributed by atoms with E-state index in [0.29, 0.717) is 17.5 Å². The minimum absolute atomic E-state index is 0.614. The van der Waals surface area contributed by atoms with Gasteiger partial charge >= 0.3 is 0 Å². The van der Waals surface area contributed by atoms with Gasteiger partial charge in [-0.3, -0.25) is 15.0 Å². The third-order valence-corrected chi connectivity index (χ3v) is 7.91. The molecule has 6 heteroatoms. The first kappa shape index (κ1) is 27.9. The van der Waals surface area contributed by atoms with Crippen molar-refractivity contribution in [3.05, 3.63) is 144 Å². The van der Waals surface area contributed by atoms with Crippen molar-refractivity contribution in [3.63, 3.8) is 0 Å². The minimum Gasteiger partial charge on any atom is -0.256 e. The zero-order valence-corrected chi connectivity index (χ0v) is 25.3. The maximum Gasteiger partial charge on any atom is 0.164 e. The van der Waals surface area contributed by atoms with Crippen molar-refractivity contribution >= 4 is 0 Å². The zero-order valence-electron chi connectivity index (χ0n) is 25.3. The summed E-state index contributed by atoms with van der Waals surface area (Å²) in [5.41, 5.74) is 12.1. The summed E-state index contributed by atoms with van der Waals surface area (Å²) >= 11 is 0. The molecule has 4 heterocycles. The number of aryl methyl sites for hydroxylation is 3. The lowest BCUT2D eigenvalue weighted by molar-refractivity contribution is 1.07. The summed E-state index contributed by atoms with van der Waals surface area (Å²) in [5.74, 6) is 1.84. The van der Waals surface area contributed by atoms with E-state index < -0.39 is 0 Å². The van der Waals surface area contributed by atoms with Crippen LogP contribution < -0.4 is 0 Å². The van der Waals surface area contributed by atoms with Gasteiger partial charge in [-0.05, 0) is 92.1 Å². The van der Waals surface area contributed by atoms with Gasteiger partial charge in [-0.15, -0.1) is 0 Å². The van der Waals surface area contributed by atoms with Crippen molar-refractivity contribution in [2.75, 3.05) is 0 Å². The fourth-order valence-corrected chi connectivity index (χ4v) is 5.60. The van der Waals surface area contributed by atoms with Crippen LogP contribution in [0.4, 0.5) is 0 Å². The van der Waals surface area contributed by atoms with Crippen molar-refractivity contribution < 1.29 is 0 Å². The van der Waals surface area contributed by atoms with Crippen LogP contribution >= 0.6 is 0 Å². The van der Waals surface area contributed by atoms with Gasteiger partial charge in [-0.1, -0.05) is 54.6 Å². The standard InChI is InChI=1S/C39H30N6/c1-25-22-28(13-16-31(25)34-10-4-7-19-40-34)37-43-38(29-14-17-32(26(2)23-29)35-11-5-8-20-41-35)45-39(44-37)30-15-18-33(27(3)24-30)36-12-6-9-21-42-36/h4-24H,1-3H3. The van der Waals surface area contributed by atoms with Crippen LogP contribution in [0.15, 0.2) is 128 Å². The van der Waals surface area contributed by atoms with E-state index in [1.165, 1.54) is 0 Å². The molecule has 0 aliphatic heterocycles. The Balaban J connectivity index is 1.35. The van der Waals surface area contributed by atoms with E-state index in [4.69, 9.17) is 15.0 Å². The number of aromatic nitrogens is 6. The molecular formula is C39H30N6. The summed E-state index contributed by atoms with van der Waals surface area (Å²) in [6, 6.07) is 36.7. The van der Waals surface area contributed by atoms with Crippen LogP contribution in [0.3, 0.4) is 0 Å². The first-order valence-corrected chi connectivity index (χ1v) is 14.9. The highest BCUT2D eigenvalue weighted by Crippen LogP contribution is 2.32. The molecule has 7 aromatic rings. The number of hydrogen-bond acceptors (Lipinski definition) is 6. The molecule has 0 fully saturated rings. The lowest BCUT2D eigenvalue weighted by Gasteiger charge is -2.13. The summed E-state index contributed by atoms with van der Waals surface area (Å²) in [7, 11) is 0. The second-order valence-corrected chi connectivity index (χ2v) is 11.0. The number of nitrogens with zero attached hydrogens (tertiary/aromatic N) is 6. The Morgan fingerprint density at radius 3 is 0.911 bits per heavy atom. The summed E-state index contributed by atoms with van der Waals surface area (Å²) in [6.07, 6.45) is 5.44. The molecule has 0 saturated carbocycles. The molecule has 0 amide bonds. The molecule has 4 aromatic heterocycles. The van der Waals surface area contributed by atoms with Crippen LogP contribution in [0.1, 0.15) is 16.7 Å². The Hall–Kier alpha value is -5.88. The van der Waals surface area contributed by atoms with Gasteiger partial charge in [-0.25, -0.2) is 15.0 Å². The Kier molecular flexibility index (Phi) is 7.46. The summed E-state index contributed by atoms with van der Waals surface area (Å²) in [6.45, 7) is 6.28. The third kappa shape index (κ3) is 5.74. The molecule has 6 nitrogen and oxygen atoms in total. The lowest BCUT2D eigenvalue weighted by Crippen LogP contribution is -2.01. The Morgan fingerprint density at radius 2 is 0.667 bits per heavy atom. The molecule has 216 valence electrons. The van der Waals surface area contributed by atoms with E-state index in [-0.39, 0.29) is 0 Å². The lowest BCUT2D eigenvalue weighted by atomic mass is 10.00. The first-order chi connectivity index (χ1) is 22.0. The molecule has 0 N–H and O–H groups in total. The van der Waals surface area contributed by atoms with Crippen molar-refractivity contribution in [3.8, 4) is 67.9 Å². The van der Waals surface area contributed by atoms with Crippen molar-refractivity contribution in [1.82, 2.24) is 29.9 Å². The molecular weight excluding hydrogens is 552 g/mol. The maximum atomic E-state index is 5.01. The molecule has 7 rings (SSSR count). The van der Waals surface area contributed by atoms with Crippen LogP contribution in [-0.4, -0.2) is 29.9 Å². The van der Waals surface area contributed by atoms with Gasteiger partial charge in [0, 0.05) is 52.0 Å². The molecule has 45 heavy (non-hydrogen) atoms. The number of hydrogen-bond donors (Lipinski definition) is 0. The number of pyridine rings is 3. The smallest absolute Gasteiger partial charge is 0.164 e. The first-order valence-electron chi connectivity index (χ1n) is 14.9. The van der Waals surface area contributed by atoms with Crippen LogP contribution in [0, 0.1) is 20.8 Å².